The first kappa shape index (κ1) is 11.4. The highest BCUT2D eigenvalue weighted by Gasteiger charge is 2.31. The Labute approximate surface area is 106 Å². The summed E-state index contributed by atoms with van der Waals surface area (Å²) in [4.78, 5) is 12.3. The van der Waals surface area contributed by atoms with Gasteiger partial charge in [-0.15, -0.1) is 0 Å². The van der Waals surface area contributed by atoms with Crippen LogP contribution in [0.5, 0.6) is 0 Å². The molecule has 0 saturated carbocycles. The monoisotopic (exact) mass is 241 g/mol. The molecule has 0 aliphatic carbocycles. The first-order valence-electron chi connectivity index (χ1n) is 6.12. The van der Waals surface area contributed by atoms with E-state index in [2.05, 4.69) is 0 Å². The molecule has 0 bridgehead atoms. The number of carbonyl (C=O) groups excluding carboxylic acids is 1. The van der Waals surface area contributed by atoms with Crippen molar-refractivity contribution >= 4 is 16.6 Å². The number of fused-ring (bicyclic) bond motifs is 1. The van der Waals surface area contributed by atoms with Crippen LogP contribution in [0.15, 0.2) is 42.5 Å². The highest BCUT2D eigenvalue weighted by atomic mass is 16.5. The lowest BCUT2D eigenvalue weighted by Crippen LogP contribution is -2.34. The van der Waals surface area contributed by atoms with E-state index in [0.29, 0.717) is 13.2 Å². The number of ketones is 1. The van der Waals surface area contributed by atoms with Crippen molar-refractivity contribution in [1.29, 1.82) is 0 Å². The van der Waals surface area contributed by atoms with E-state index < -0.39 is 0 Å². The van der Waals surface area contributed by atoms with Crippen LogP contribution in [0.2, 0.25) is 0 Å². The largest absolute Gasteiger partial charge is 0.379 e. The fraction of sp³-hybridized carbons (Fsp3) is 0.267. The Hall–Kier alpha value is -1.71. The van der Waals surface area contributed by atoms with Gasteiger partial charge in [-0.3, -0.25) is 4.79 Å². The zero-order chi connectivity index (χ0) is 12.5. The van der Waals surface area contributed by atoms with Gasteiger partial charge in [0.25, 0.3) is 0 Å². The van der Waals surface area contributed by atoms with Crippen LogP contribution in [0, 0.1) is 5.92 Å². The molecule has 92 valence electrons. The summed E-state index contributed by atoms with van der Waals surface area (Å²) >= 11 is 0. The van der Waals surface area contributed by atoms with E-state index in [9.17, 15) is 4.79 Å². The minimum Gasteiger partial charge on any atom is -0.379 e. The minimum atomic E-state index is -0.203. The zero-order valence-corrected chi connectivity index (χ0v) is 10.0. The lowest BCUT2D eigenvalue weighted by Gasteiger charge is -2.12. The Morgan fingerprint density at radius 3 is 2.61 bits per heavy atom. The second kappa shape index (κ2) is 4.52. The third-order valence-electron chi connectivity index (χ3n) is 3.50. The average molecular weight is 241 g/mol. The van der Waals surface area contributed by atoms with Gasteiger partial charge in [0.1, 0.15) is 0 Å². The average Bonchev–Trinajstić information content (AvgIpc) is 2.83. The highest BCUT2D eigenvalue weighted by Crippen LogP contribution is 2.21. The fourth-order valence-electron chi connectivity index (χ4n) is 2.40. The van der Waals surface area contributed by atoms with Crippen LogP contribution in [0.1, 0.15) is 10.4 Å². The normalized spacial score (nSPS) is 23.4. The van der Waals surface area contributed by atoms with Crippen LogP contribution in [0.4, 0.5) is 0 Å². The lowest BCUT2D eigenvalue weighted by atomic mass is 9.92. The van der Waals surface area contributed by atoms with Gasteiger partial charge in [-0.2, -0.15) is 0 Å². The van der Waals surface area contributed by atoms with E-state index in [-0.39, 0.29) is 17.7 Å². The van der Waals surface area contributed by atoms with Crippen LogP contribution in [-0.4, -0.2) is 25.0 Å². The third kappa shape index (κ3) is 1.92. The summed E-state index contributed by atoms with van der Waals surface area (Å²) in [5.41, 5.74) is 6.61. The Kier molecular flexibility index (Phi) is 2.86. The van der Waals surface area contributed by atoms with Gasteiger partial charge >= 0.3 is 0 Å². The fourth-order valence-corrected chi connectivity index (χ4v) is 2.40. The van der Waals surface area contributed by atoms with Gasteiger partial charge in [-0.05, 0) is 16.8 Å². The second-order valence-electron chi connectivity index (χ2n) is 4.73. The molecule has 0 radical (unpaired) electrons. The van der Waals surface area contributed by atoms with Crippen LogP contribution >= 0.6 is 0 Å². The van der Waals surface area contributed by atoms with Gasteiger partial charge in [0.15, 0.2) is 5.78 Å². The van der Waals surface area contributed by atoms with Crippen LogP contribution in [0.25, 0.3) is 10.8 Å². The first-order valence-corrected chi connectivity index (χ1v) is 6.12. The molecule has 1 aliphatic rings. The van der Waals surface area contributed by atoms with Gasteiger partial charge in [-0.25, -0.2) is 0 Å². The minimum absolute atomic E-state index is 0.0887. The van der Waals surface area contributed by atoms with Gasteiger partial charge in [0, 0.05) is 11.6 Å². The van der Waals surface area contributed by atoms with Crippen LogP contribution < -0.4 is 5.73 Å². The molecule has 2 N–H and O–H groups in total. The number of benzene rings is 2. The van der Waals surface area contributed by atoms with E-state index >= 15 is 0 Å². The molecule has 1 aliphatic heterocycles. The van der Waals surface area contributed by atoms with Gasteiger partial charge in [0.2, 0.25) is 0 Å². The molecule has 1 fully saturated rings. The quantitative estimate of drug-likeness (QED) is 0.818. The number of hydrogen-bond donors (Lipinski definition) is 1. The van der Waals surface area contributed by atoms with Crippen molar-refractivity contribution in [3.8, 4) is 0 Å². The van der Waals surface area contributed by atoms with Gasteiger partial charge in [0.05, 0.1) is 19.1 Å². The van der Waals surface area contributed by atoms with Crippen molar-refractivity contribution in [2.45, 2.75) is 6.04 Å². The molecule has 1 saturated heterocycles. The molecule has 1 heterocycles. The molecule has 2 aromatic carbocycles. The summed E-state index contributed by atoms with van der Waals surface area (Å²) in [5, 5.41) is 2.22. The molecule has 2 aromatic rings. The summed E-state index contributed by atoms with van der Waals surface area (Å²) in [5.74, 6) is -0.114. The maximum absolute atomic E-state index is 12.3. The summed E-state index contributed by atoms with van der Waals surface area (Å²) in [7, 11) is 0. The molecule has 18 heavy (non-hydrogen) atoms. The van der Waals surface area contributed by atoms with Crippen molar-refractivity contribution in [1.82, 2.24) is 0 Å². The Morgan fingerprint density at radius 1 is 1.11 bits per heavy atom. The number of ether oxygens (including phenoxy) is 1. The highest BCUT2D eigenvalue weighted by molar-refractivity contribution is 6.01. The SMILES string of the molecule is NC1COCC1C(=O)c1ccc2ccccc2c1. The molecule has 3 rings (SSSR count). The standard InChI is InChI=1S/C15H15NO2/c16-14-9-18-8-13(14)15(17)12-6-5-10-3-1-2-4-11(10)7-12/h1-7,13-14H,8-9,16H2. The molecule has 3 nitrogen and oxygen atoms in total. The molecule has 3 heteroatoms. The Bertz CT molecular complexity index is 594. The van der Waals surface area contributed by atoms with Crippen molar-refractivity contribution in [2.75, 3.05) is 13.2 Å². The van der Waals surface area contributed by atoms with Gasteiger partial charge in [-0.1, -0.05) is 36.4 Å². The summed E-state index contributed by atoms with van der Waals surface area (Å²) in [6, 6.07) is 13.6. The molecule has 2 atom stereocenters. The van der Waals surface area contributed by atoms with Crippen LogP contribution in [0.3, 0.4) is 0 Å². The molecule has 0 aromatic heterocycles. The van der Waals surface area contributed by atoms with Crippen molar-refractivity contribution in [3.05, 3.63) is 48.0 Å². The number of carbonyl (C=O) groups is 1. The molecular weight excluding hydrogens is 226 g/mol. The molecule has 0 spiro atoms. The molecule has 2 unspecified atom stereocenters. The van der Waals surface area contributed by atoms with Gasteiger partial charge < -0.3 is 10.5 Å². The first-order chi connectivity index (χ1) is 8.75. The Morgan fingerprint density at radius 2 is 1.89 bits per heavy atom. The third-order valence-corrected chi connectivity index (χ3v) is 3.50. The van der Waals surface area contributed by atoms with Crippen LogP contribution in [-0.2, 0) is 4.74 Å². The second-order valence-corrected chi connectivity index (χ2v) is 4.73. The predicted molar refractivity (Wildman–Crippen MR) is 70.6 cm³/mol. The molecule has 0 amide bonds. The zero-order valence-electron chi connectivity index (χ0n) is 10.0. The summed E-state index contributed by atoms with van der Waals surface area (Å²) < 4.78 is 5.25. The predicted octanol–water partition coefficient (Wildman–Crippen LogP) is 2.00. The van der Waals surface area contributed by atoms with Crippen molar-refractivity contribution in [2.24, 2.45) is 11.7 Å². The summed E-state index contributed by atoms with van der Waals surface area (Å²) in [6.45, 7) is 0.914. The van der Waals surface area contributed by atoms with E-state index in [0.717, 1.165) is 16.3 Å². The smallest absolute Gasteiger partial charge is 0.169 e. The number of Topliss-reactive ketones (excluding diaryl/α,β-unsaturated/α-hetero) is 1. The maximum atomic E-state index is 12.3. The number of rotatable bonds is 2. The van der Waals surface area contributed by atoms with E-state index in [1.165, 1.54) is 0 Å². The van der Waals surface area contributed by atoms with E-state index in [4.69, 9.17) is 10.5 Å². The Balaban J connectivity index is 1.96. The topological polar surface area (TPSA) is 52.3 Å². The van der Waals surface area contributed by atoms with Crippen molar-refractivity contribution < 1.29 is 9.53 Å². The molecular formula is C15H15NO2. The maximum Gasteiger partial charge on any atom is 0.169 e. The lowest BCUT2D eigenvalue weighted by molar-refractivity contribution is 0.0896. The number of nitrogens with two attached hydrogens (primary N) is 1. The van der Waals surface area contributed by atoms with Crippen molar-refractivity contribution in [3.63, 3.8) is 0 Å². The van der Waals surface area contributed by atoms with E-state index in [1.54, 1.807) is 0 Å². The summed E-state index contributed by atoms with van der Waals surface area (Å²) in [6.07, 6.45) is 0. The van der Waals surface area contributed by atoms with E-state index in [1.807, 2.05) is 42.5 Å². The number of hydrogen-bond acceptors (Lipinski definition) is 3.